The molecule has 1 saturated carbocycles. The number of azo groups is 1. The van der Waals surface area contributed by atoms with E-state index in [0.717, 1.165) is 37.7 Å². The summed E-state index contributed by atoms with van der Waals surface area (Å²) in [7, 11) is 0. The van der Waals surface area contributed by atoms with Crippen molar-refractivity contribution in [3.8, 4) is 0 Å². The van der Waals surface area contributed by atoms with Gasteiger partial charge in [-0.05, 0) is 75.7 Å². The minimum absolute atomic E-state index is 0.0957. The maximum atomic E-state index is 14.4. The average Bonchev–Trinajstić information content (AvgIpc) is 3.29. The Balaban J connectivity index is 0.00000265. The molecule has 1 fully saturated rings. The third-order valence-corrected chi connectivity index (χ3v) is 5.63. The summed E-state index contributed by atoms with van der Waals surface area (Å²) >= 11 is 0. The van der Waals surface area contributed by atoms with Crippen LogP contribution >= 0.6 is 0 Å². The van der Waals surface area contributed by atoms with Gasteiger partial charge in [0.05, 0.1) is 17.3 Å². The zero-order valence-electron chi connectivity index (χ0n) is 21.0. The number of nitrogens with one attached hydrogen (secondary N) is 1. The van der Waals surface area contributed by atoms with E-state index < -0.39 is 11.6 Å². The first-order chi connectivity index (χ1) is 15.8. The molecule has 1 aliphatic rings. The summed E-state index contributed by atoms with van der Waals surface area (Å²) in [6, 6.07) is 3.97. The van der Waals surface area contributed by atoms with Gasteiger partial charge in [0.1, 0.15) is 11.6 Å². The maximum absolute atomic E-state index is 14.4. The zero-order valence-corrected chi connectivity index (χ0v) is 21.0. The molecule has 1 amide bonds. The lowest BCUT2D eigenvalue weighted by Gasteiger charge is -2.17. The molecule has 0 heterocycles. The Labute approximate surface area is 198 Å². The van der Waals surface area contributed by atoms with Crippen LogP contribution in [0.1, 0.15) is 91.5 Å². The highest BCUT2D eigenvalue weighted by Crippen LogP contribution is 2.29. The molecular formula is C27H41F2N3O. The van der Waals surface area contributed by atoms with Crippen molar-refractivity contribution in [2.75, 3.05) is 0 Å². The maximum Gasteiger partial charge on any atom is 0.220 e. The molecule has 184 valence electrons. The van der Waals surface area contributed by atoms with Crippen LogP contribution in [0.3, 0.4) is 0 Å². The smallest absolute Gasteiger partial charge is 0.220 e. The van der Waals surface area contributed by atoms with Crippen molar-refractivity contribution < 1.29 is 13.6 Å². The number of rotatable bonds is 11. The monoisotopic (exact) mass is 461 g/mol. The third kappa shape index (κ3) is 9.97. The van der Waals surface area contributed by atoms with Gasteiger partial charge in [-0.15, -0.1) is 0 Å². The Bertz CT molecular complexity index is 791. The van der Waals surface area contributed by atoms with Gasteiger partial charge in [-0.3, -0.25) is 4.79 Å². The van der Waals surface area contributed by atoms with Crippen LogP contribution in [0.5, 0.6) is 0 Å². The molecule has 33 heavy (non-hydrogen) atoms. The molecule has 1 aliphatic carbocycles. The van der Waals surface area contributed by atoms with Crippen LogP contribution < -0.4 is 5.32 Å². The molecule has 0 aromatic heterocycles. The van der Waals surface area contributed by atoms with E-state index in [4.69, 9.17) is 0 Å². The molecule has 1 atom stereocenters. The van der Waals surface area contributed by atoms with Crippen molar-refractivity contribution >= 4 is 11.6 Å². The van der Waals surface area contributed by atoms with E-state index in [1.165, 1.54) is 31.0 Å². The van der Waals surface area contributed by atoms with Gasteiger partial charge in [0.2, 0.25) is 5.91 Å². The first-order valence-corrected chi connectivity index (χ1v) is 12.4. The summed E-state index contributed by atoms with van der Waals surface area (Å²) in [6.45, 7) is 13.9. The number of nitrogens with zero attached hydrogens (tertiary/aromatic N) is 2. The summed E-state index contributed by atoms with van der Waals surface area (Å²) in [5, 5.41) is 11.3. The van der Waals surface area contributed by atoms with Gasteiger partial charge in [-0.1, -0.05) is 46.3 Å². The molecule has 1 aromatic rings. The Morgan fingerprint density at radius 1 is 1.21 bits per heavy atom. The van der Waals surface area contributed by atoms with E-state index in [-0.39, 0.29) is 29.1 Å². The van der Waals surface area contributed by atoms with Gasteiger partial charge >= 0.3 is 0 Å². The quantitative estimate of drug-likeness (QED) is 0.263. The Morgan fingerprint density at radius 2 is 1.82 bits per heavy atom. The lowest BCUT2D eigenvalue weighted by atomic mass is 9.90. The standard InChI is InChI=1S/C25H35F2N3O.C2H6/c1-5-19(10-8-15-24(31)28-20-11-6-7-12-20)18(4)16-23(30-29-17(2)3)25-21(26)13-9-14-22(25)27;1-2/h9,13-14,16-17,19-20H,4-8,10-12,15H2,1-3H3,(H,28,31);1-2H3/b23-16-,30-29?;/t19-;/m1./s1. The third-order valence-electron chi connectivity index (χ3n) is 5.63. The highest BCUT2D eigenvalue weighted by atomic mass is 19.1. The summed E-state index contributed by atoms with van der Waals surface area (Å²) in [4.78, 5) is 12.2. The van der Waals surface area contributed by atoms with Crippen LogP contribution in [-0.4, -0.2) is 18.0 Å². The lowest BCUT2D eigenvalue weighted by Crippen LogP contribution is -2.32. The molecule has 6 heteroatoms. The van der Waals surface area contributed by atoms with Crippen molar-refractivity contribution in [2.24, 2.45) is 16.1 Å². The molecule has 1 N–H and O–H groups in total. The first-order valence-electron chi connectivity index (χ1n) is 12.4. The van der Waals surface area contributed by atoms with E-state index >= 15 is 0 Å². The molecule has 0 aliphatic heterocycles. The fraction of sp³-hybridized carbons (Fsp3) is 0.593. The van der Waals surface area contributed by atoms with Gasteiger partial charge in [0.25, 0.3) is 0 Å². The zero-order chi connectivity index (χ0) is 24.8. The van der Waals surface area contributed by atoms with Crippen LogP contribution in [0.4, 0.5) is 8.78 Å². The van der Waals surface area contributed by atoms with Gasteiger partial charge in [0.15, 0.2) is 0 Å². The highest BCUT2D eigenvalue weighted by Gasteiger charge is 2.19. The molecule has 0 radical (unpaired) electrons. The van der Waals surface area contributed by atoms with Crippen LogP contribution in [0.25, 0.3) is 5.70 Å². The van der Waals surface area contributed by atoms with Gasteiger partial charge in [-0.2, -0.15) is 10.2 Å². The number of carbonyl (C=O) groups is 1. The number of hydrogen-bond donors (Lipinski definition) is 1. The molecule has 0 spiro atoms. The van der Waals surface area contributed by atoms with E-state index in [9.17, 15) is 13.6 Å². The molecule has 0 saturated heterocycles. The summed E-state index contributed by atoms with van der Waals surface area (Å²) in [5.74, 6) is -1.17. The van der Waals surface area contributed by atoms with E-state index in [0.29, 0.717) is 12.5 Å². The highest BCUT2D eigenvalue weighted by molar-refractivity contribution is 5.76. The number of carbonyl (C=O) groups excluding carboxylic acids is 1. The Hall–Kier alpha value is -2.37. The predicted octanol–water partition coefficient (Wildman–Crippen LogP) is 8.00. The number of hydrogen-bond acceptors (Lipinski definition) is 3. The van der Waals surface area contributed by atoms with Gasteiger partial charge in [0, 0.05) is 12.5 Å². The van der Waals surface area contributed by atoms with Crippen LogP contribution in [0.15, 0.2) is 46.7 Å². The minimum atomic E-state index is -0.682. The Morgan fingerprint density at radius 3 is 2.36 bits per heavy atom. The number of amides is 1. The lowest BCUT2D eigenvalue weighted by molar-refractivity contribution is -0.121. The number of benzene rings is 1. The summed E-state index contributed by atoms with van der Waals surface area (Å²) in [6.07, 6.45) is 8.96. The average molecular weight is 462 g/mol. The molecule has 0 unspecified atom stereocenters. The molecule has 4 nitrogen and oxygen atoms in total. The van der Waals surface area contributed by atoms with Crippen molar-refractivity contribution in [1.82, 2.24) is 5.32 Å². The van der Waals surface area contributed by atoms with Gasteiger partial charge in [-0.25, -0.2) is 8.78 Å². The SMILES string of the molecule is C=C(/C=C(\N=NC(C)C)c1c(F)cccc1F)[C@H](CC)CCCC(=O)NC1CCCC1.CC. The summed E-state index contributed by atoms with van der Waals surface area (Å²) in [5.41, 5.74) is 0.671. The van der Waals surface area contributed by atoms with Gasteiger partial charge < -0.3 is 5.32 Å². The molecule has 1 aromatic carbocycles. The van der Waals surface area contributed by atoms with Crippen molar-refractivity contribution in [1.29, 1.82) is 0 Å². The van der Waals surface area contributed by atoms with Crippen molar-refractivity contribution in [3.63, 3.8) is 0 Å². The molecule has 2 rings (SSSR count). The minimum Gasteiger partial charge on any atom is -0.353 e. The number of halogens is 2. The van der Waals surface area contributed by atoms with E-state index in [1.807, 2.05) is 34.6 Å². The van der Waals surface area contributed by atoms with E-state index in [2.05, 4.69) is 22.1 Å². The van der Waals surface area contributed by atoms with E-state index in [1.54, 1.807) is 6.08 Å². The topological polar surface area (TPSA) is 53.8 Å². The van der Waals surface area contributed by atoms with Crippen LogP contribution in [0, 0.1) is 17.6 Å². The van der Waals surface area contributed by atoms with Crippen LogP contribution in [-0.2, 0) is 4.79 Å². The Kier molecular flexibility index (Phi) is 13.4. The molecule has 0 bridgehead atoms. The fourth-order valence-corrected chi connectivity index (χ4v) is 3.90. The second-order valence-corrected chi connectivity index (χ2v) is 8.56. The second-order valence-electron chi connectivity index (χ2n) is 8.56. The van der Waals surface area contributed by atoms with Crippen LogP contribution in [0.2, 0.25) is 0 Å². The second kappa shape index (κ2) is 15.5. The first kappa shape index (κ1) is 28.7. The fourth-order valence-electron chi connectivity index (χ4n) is 3.90. The largest absolute Gasteiger partial charge is 0.353 e. The molecular weight excluding hydrogens is 420 g/mol. The number of allylic oxidation sites excluding steroid dienone is 2. The van der Waals surface area contributed by atoms with Crippen molar-refractivity contribution in [3.05, 3.63) is 53.6 Å². The normalized spacial score (nSPS) is 15.5. The van der Waals surface area contributed by atoms with Crippen molar-refractivity contribution in [2.45, 2.75) is 98.1 Å². The predicted molar refractivity (Wildman–Crippen MR) is 133 cm³/mol. The summed E-state index contributed by atoms with van der Waals surface area (Å²) < 4.78 is 28.7.